The first kappa shape index (κ1) is 11.5. The third-order valence-corrected chi connectivity index (χ3v) is 2.41. The van der Waals surface area contributed by atoms with Crippen LogP contribution in [0.4, 0.5) is 14.5 Å². The normalized spacial score (nSPS) is 11.6. The molecule has 0 heterocycles. The Hall–Kier alpha value is -2.03. The quantitative estimate of drug-likeness (QED) is 0.690. The van der Waals surface area contributed by atoms with E-state index in [1.54, 1.807) is 6.92 Å². The molecule has 0 bridgehead atoms. The maximum Gasteiger partial charge on any atom is 0.151 e. The van der Waals surface area contributed by atoms with Crippen molar-refractivity contribution in [3.05, 3.63) is 65.7 Å². The van der Waals surface area contributed by atoms with Gasteiger partial charge in [0.25, 0.3) is 0 Å². The van der Waals surface area contributed by atoms with Crippen molar-refractivity contribution in [3.8, 4) is 0 Å². The van der Waals surface area contributed by atoms with Crippen molar-refractivity contribution in [2.45, 2.75) is 6.92 Å². The zero-order valence-electron chi connectivity index (χ0n) is 9.32. The second-order valence-corrected chi connectivity index (χ2v) is 3.63. The van der Waals surface area contributed by atoms with E-state index in [-0.39, 0.29) is 5.69 Å². The summed E-state index contributed by atoms with van der Waals surface area (Å²) in [5.74, 6) is -1.31. The largest absolute Gasteiger partial charge is 0.247 e. The Morgan fingerprint density at radius 3 is 2.06 bits per heavy atom. The van der Waals surface area contributed by atoms with E-state index >= 15 is 0 Å². The Labute approximate surface area is 98.4 Å². The van der Waals surface area contributed by atoms with Crippen LogP contribution in [0, 0.1) is 11.6 Å². The van der Waals surface area contributed by atoms with E-state index in [0.29, 0.717) is 5.71 Å². The number of halogens is 2. The van der Waals surface area contributed by atoms with Crippen LogP contribution in [0.25, 0.3) is 0 Å². The predicted octanol–water partition coefficient (Wildman–Crippen LogP) is 4.11. The van der Waals surface area contributed by atoms with Crippen LogP contribution in [0.15, 0.2) is 53.5 Å². The molecule has 0 fully saturated rings. The summed E-state index contributed by atoms with van der Waals surface area (Å²) in [5.41, 5.74) is 1.18. The van der Waals surface area contributed by atoms with Crippen molar-refractivity contribution in [1.82, 2.24) is 0 Å². The lowest BCUT2D eigenvalue weighted by Gasteiger charge is -2.02. The fraction of sp³-hybridized carbons (Fsp3) is 0.0714. The van der Waals surface area contributed by atoms with Crippen molar-refractivity contribution in [3.63, 3.8) is 0 Å². The van der Waals surface area contributed by atoms with E-state index in [4.69, 9.17) is 0 Å². The molecule has 2 aromatic carbocycles. The minimum absolute atomic E-state index is 0.242. The van der Waals surface area contributed by atoms with E-state index in [0.717, 1.165) is 5.56 Å². The predicted molar refractivity (Wildman–Crippen MR) is 64.7 cm³/mol. The molecule has 0 saturated carbocycles. The molecule has 0 amide bonds. The third-order valence-electron chi connectivity index (χ3n) is 2.41. The Kier molecular flexibility index (Phi) is 3.28. The molecule has 0 unspecified atom stereocenters. The Morgan fingerprint density at radius 1 is 0.882 bits per heavy atom. The van der Waals surface area contributed by atoms with E-state index in [2.05, 4.69) is 4.99 Å². The SMILES string of the molecule is C/C(=N\c1c(F)cccc1F)c1ccccc1. The van der Waals surface area contributed by atoms with Gasteiger partial charge in [-0.3, -0.25) is 0 Å². The minimum Gasteiger partial charge on any atom is -0.247 e. The summed E-state index contributed by atoms with van der Waals surface area (Å²) < 4.78 is 26.8. The molecule has 0 N–H and O–H groups in total. The summed E-state index contributed by atoms with van der Waals surface area (Å²) in [7, 11) is 0. The van der Waals surface area contributed by atoms with Gasteiger partial charge in [0.1, 0.15) is 5.69 Å². The molecule has 0 aliphatic rings. The molecule has 0 atom stereocenters. The van der Waals surface area contributed by atoms with Crippen molar-refractivity contribution >= 4 is 11.4 Å². The van der Waals surface area contributed by atoms with Crippen molar-refractivity contribution in [1.29, 1.82) is 0 Å². The molecule has 2 rings (SSSR count). The highest BCUT2D eigenvalue weighted by atomic mass is 19.1. The van der Waals surface area contributed by atoms with Gasteiger partial charge >= 0.3 is 0 Å². The maximum atomic E-state index is 13.4. The van der Waals surface area contributed by atoms with Gasteiger partial charge < -0.3 is 0 Å². The number of hydrogen-bond acceptors (Lipinski definition) is 1. The van der Waals surface area contributed by atoms with Gasteiger partial charge in [-0.05, 0) is 24.6 Å². The molecule has 0 saturated heterocycles. The van der Waals surface area contributed by atoms with Gasteiger partial charge in [-0.15, -0.1) is 0 Å². The summed E-state index contributed by atoms with van der Waals surface area (Å²) in [4.78, 5) is 4.00. The van der Waals surface area contributed by atoms with E-state index < -0.39 is 11.6 Å². The first-order chi connectivity index (χ1) is 8.18. The topological polar surface area (TPSA) is 12.4 Å². The molecule has 17 heavy (non-hydrogen) atoms. The monoisotopic (exact) mass is 231 g/mol. The Morgan fingerprint density at radius 2 is 1.47 bits per heavy atom. The van der Waals surface area contributed by atoms with Crippen LogP contribution in [0.2, 0.25) is 0 Å². The Balaban J connectivity index is 2.43. The molecule has 2 aromatic rings. The molecule has 86 valence electrons. The third kappa shape index (κ3) is 2.56. The molecule has 0 spiro atoms. The van der Waals surface area contributed by atoms with Crippen LogP contribution in [-0.4, -0.2) is 5.71 Å². The lowest BCUT2D eigenvalue weighted by molar-refractivity contribution is 0.587. The lowest BCUT2D eigenvalue weighted by atomic mass is 10.1. The first-order valence-electron chi connectivity index (χ1n) is 5.23. The second-order valence-electron chi connectivity index (χ2n) is 3.63. The second kappa shape index (κ2) is 4.87. The summed E-state index contributed by atoms with van der Waals surface area (Å²) in [5, 5.41) is 0. The van der Waals surface area contributed by atoms with E-state index in [1.807, 2.05) is 30.3 Å². The molecule has 3 heteroatoms. The summed E-state index contributed by atoms with van der Waals surface area (Å²) in [6.45, 7) is 1.72. The van der Waals surface area contributed by atoms with Crippen LogP contribution in [0.5, 0.6) is 0 Å². The van der Waals surface area contributed by atoms with Gasteiger partial charge in [-0.2, -0.15) is 0 Å². The smallest absolute Gasteiger partial charge is 0.151 e. The molecular weight excluding hydrogens is 220 g/mol. The van der Waals surface area contributed by atoms with Crippen molar-refractivity contribution in [2.75, 3.05) is 0 Å². The van der Waals surface area contributed by atoms with Crippen molar-refractivity contribution in [2.24, 2.45) is 4.99 Å². The van der Waals surface area contributed by atoms with Gasteiger partial charge in [0.05, 0.1) is 0 Å². The molecule has 0 radical (unpaired) electrons. The minimum atomic E-state index is -0.653. The van der Waals surface area contributed by atoms with Gasteiger partial charge in [-0.1, -0.05) is 36.4 Å². The molecular formula is C14H11F2N. The standard InChI is InChI=1S/C14H11F2N/c1-10(11-6-3-2-4-7-11)17-14-12(15)8-5-9-13(14)16/h2-9H,1H3/b17-10+. The fourth-order valence-corrected chi connectivity index (χ4v) is 1.51. The highest BCUT2D eigenvalue weighted by molar-refractivity contribution is 6.00. The maximum absolute atomic E-state index is 13.4. The number of nitrogens with zero attached hydrogens (tertiary/aromatic N) is 1. The van der Waals surface area contributed by atoms with E-state index in [1.165, 1.54) is 18.2 Å². The van der Waals surface area contributed by atoms with Gasteiger partial charge in [-0.25, -0.2) is 13.8 Å². The molecule has 1 nitrogen and oxygen atoms in total. The average Bonchev–Trinajstić information content (AvgIpc) is 2.35. The van der Waals surface area contributed by atoms with Crippen molar-refractivity contribution < 1.29 is 8.78 Å². The first-order valence-corrected chi connectivity index (χ1v) is 5.23. The highest BCUT2D eigenvalue weighted by Crippen LogP contribution is 2.22. The van der Waals surface area contributed by atoms with Gasteiger partial charge in [0, 0.05) is 5.71 Å². The van der Waals surface area contributed by atoms with Crippen LogP contribution in [-0.2, 0) is 0 Å². The lowest BCUT2D eigenvalue weighted by Crippen LogP contribution is -1.94. The van der Waals surface area contributed by atoms with Crippen LogP contribution < -0.4 is 0 Å². The van der Waals surface area contributed by atoms with Crippen LogP contribution in [0.3, 0.4) is 0 Å². The fourth-order valence-electron chi connectivity index (χ4n) is 1.51. The average molecular weight is 231 g/mol. The Bertz CT molecular complexity index is 527. The number of aliphatic imine (C=N–C) groups is 1. The summed E-state index contributed by atoms with van der Waals surface area (Å²) >= 11 is 0. The molecule has 0 aliphatic carbocycles. The summed E-state index contributed by atoms with van der Waals surface area (Å²) in [6.07, 6.45) is 0. The molecule has 0 aliphatic heterocycles. The number of rotatable bonds is 2. The zero-order chi connectivity index (χ0) is 12.3. The molecule has 0 aromatic heterocycles. The highest BCUT2D eigenvalue weighted by Gasteiger charge is 2.07. The summed E-state index contributed by atoms with van der Waals surface area (Å²) in [6, 6.07) is 13.0. The van der Waals surface area contributed by atoms with Crippen LogP contribution in [0.1, 0.15) is 12.5 Å². The van der Waals surface area contributed by atoms with E-state index in [9.17, 15) is 8.78 Å². The van der Waals surface area contributed by atoms with Gasteiger partial charge in [0.15, 0.2) is 11.6 Å². The number of para-hydroxylation sites is 1. The number of hydrogen-bond donors (Lipinski definition) is 0. The van der Waals surface area contributed by atoms with Crippen LogP contribution >= 0.6 is 0 Å². The zero-order valence-corrected chi connectivity index (χ0v) is 9.32. The number of benzene rings is 2. The van der Waals surface area contributed by atoms with Gasteiger partial charge in [0.2, 0.25) is 0 Å².